The van der Waals surface area contributed by atoms with Crippen molar-refractivity contribution in [2.45, 2.75) is 19.8 Å². The molecule has 2 aromatic carbocycles. The van der Waals surface area contributed by atoms with Gasteiger partial charge in [0.05, 0.1) is 11.8 Å². The molecule has 5 nitrogen and oxygen atoms in total. The van der Waals surface area contributed by atoms with E-state index in [2.05, 4.69) is 10.3 Å². The Morgan fingerprint density at radius 1 is 1.12 bits per heavy atom. The predicted octanol–water partition coefficient (Wildman–Crippen LogP) is 4.25. The van der Waals surface area contributed by atoms with E-state index in [-0.39, 0.29) is 23.9 Å². The van der Waals surface area contributed by atoms with Crippen LogP contribution in [0.4, 0.5) is 10.1 Å². The number of nitrogens with one attached hydrogen (secondary N) is 1. The number of nitrogens with zero attached hydrogens (tertiary/aromatic N) is 1. The molecule has 1 heterocycles. The van der Waals surface area contributed by atoms with E-state index >= 15 is 0 Å². The number of oxazole rings is 1. The van der Waals surface area contributed by atoms with Crippen molar-refractivity contribution in [1.82, 2.24) is 4.98 Å². The third-order valence-corrected chi connectivity index (χ3v) is 3.83. The van der Waals surface area contributed by atoms with Crippen LogP contribution in [-0.2, 0) is 11.2 Å². The first kappa shape index (κ1) is 17.5. The van der Waals surface area contributed by atoms with Gasteiger partial charge in [0.25, 0.3) is 0 Å². The minimum Gasteiger partial charge on any atom is -0.441 e. The fourth-order valence-electron chi connectivity index (χ4n) is 2.44. The van der Waals surface area contributed by atoms with Crippen molar-refractivity contribution in [3.05, 3.63) is 72.0 Å². The number of ketones is 1. The molecular formula is C20H17FN2O3. The smallest absolute Gasteiger partial charge is 0.224 e. The second kappa shape index (κ2) is 7.74. The molecule has 0 aliphatic rings. The number of amides is 1. The van der Waals surface area contributed by atoms with Crippen LogP contribution in [-0.4, -0.2) is 16.7 Å². The van der Waals surface area contributed by atoms with Gasteiger partial charge in [-0.2, -0.15) is 0 Å². The van der Waals surface area contributed by atoms with Crippen LogP contribution in [0.5, 0.6) is 0 Å². The summed E-state index contributed by atoms with van der Waals surface area (Å²) in [5.74, 6) is 0.0780. The Kier molecular flexibility index (Phi) is 5.22. The quantitative estimate of drug-likeness (QED) is 0.673. The summed E-state index contributed by atoms with van der Waals surface area (Å²) in [6.45, 7) is 1.49. The van der Waals surface area contributed by atoms with Gasteiger partial charge in [-0.1, -0.05) is 12.1 Å². The average Bonchev–Trinajstić information content (AvgIpc) is 3.09. The zero-order chi connectivity index (χ0) is 18.5. The minimum atomic E-state index is -0.387. The molecule has 1 amide bonds. The lowest BCUT2D eigenvalue weighted by atomic mass is 10.1. The van der Waals surface area contributed by atoms with Crippen LogP contribution in [0.2, 0.25) is 0 Å². The number of carbonyl (C=O) groups is 2. The Labute approximate surface area is 149 Å². The zero-order valence-corrected chi connectivity index (χ0v) is 14.2. The van der Waals surface area contributed by atoms with E-state index in [1.807, 2.05) is 0 Å². The SMILES string of the molecule is CC(=O)c1ccc(NC(=O)CCc2ncc(-c3ccccc3F)o2)cc1. The second-order valence-corrected chi connectivity index (χ2v) is 5.78. The number of hydrogen-bond acceptors (Lipinski definition) is 4. The van der Waals surface area contributed by atoms with Gasteiger partial charge in [-0.25, -0.2) is 9.37 Å². The molecule has 0 spiro atoms. The monoisotopic (exact) mass is 352 g/mol. The largest absolute Gasteiger partial charge is 0.441 e. The summed E-state index contributed by atoms with van der Waals surface area (Å²) in [5, 5.41) is 2.75. The fraction of sp³-hybridized carbons (Fsp3) is 0.150. The summed E-state index contributed by atoms with van der Waals surface area (Å²) in [7, 11) is 0. The number of rotatable bonds is 6. The highest BCUT2D eigenvalue weighted by Gasteiger charge is 2.12. The van der Waals surface area contributed by atoms with Crippen molar-refractivity contribution in [2.24, 2.45) is 0 Å². The molecule has 0 fully saturated rings. The summed E-state index contributed by atoms with van der Waals surface area (Å²) < 4.78 is 19.3. The van der Waals surface area contributed by atoms with E-state index < -0.39 is 0 Å². The summed E-state index contributed by atoms with van der Waals surface area (Å²) in [6.07, 6.45) is 1.92. The van der Waals surface area contributed by atoms with Crippen molar-refractivity contribution in [3.8, 4) is 11.3 Å². The average molecular weight is 352 g/mol. The number of aromatic nitrogens is 1. The summed E-state index contributed by atoms with van der Waals surface area (Å²) >= 11 is 0. The molecule has 0 saturated carbocycles. The van der Waals surface area contributed by atoms with E-state index in [0.717, 1.165) is 0 Å². The number of aryl methyl sites for hydroxylation is 1. The molecule has 0 radical (unpaired) electrons. The third-order valence-electron chi connectivity index (χ3n) is 3.83. The van der Waals surface area contributed by atoms with Crippen LogP contribution in [0.25, 0.3) is 11.3 Å². The van der Waals surface area contributed by atoms with Crippen LogP contribution in [0.15, 0.2) is 59.1 Å². The standard InChI is InChI=1S/C20H17FN2O3/c1-13(24)14-6-8-15(9-7-14)23-19(25)10-11-20-22-12-18(26-20)16-4-2-3-5-17(16)21/h2-9,12H,10-11H2,1H3,(H,23,25). The fourth-order valence-corrected chi connectivity index (χ4v) is 2.44. The maximum absolute atomic E-state index is 13.7. The third kappa shape index (κ3) is 4.22. The molecule has 1 N–H and O–H groups in total. The first-order chi connectivity index (χ1) is 12.5. The van der Waals surface area contributed by atoms with Crippen molar-refractivity contribution in [2.75, 3.05) is 5.32 Å². The maximum Gasteiger partial charge on any atom is 0.224 e. The van der Waals surface area contributed by atoms with Crippen LogP contribution in [0.1, 0.15) is 29.6 Å². The summed E-state index contributed by atoms with van der Waals surface area (Å²) in [6, 6.07) is 12.9. The lowest BCUT2D eigenvalue weighted by Crippen LogP contribution is -2.12. The number of anilines is 1. The molecule has 1 aromatic heterocycles. The zero-order valence-electron chi connectivity index (χ0n) is 14.2. The van der Waals surface area contributed by atoms with Gasteiger partial charge in [-0.3, -0.25) is 9.59 Å². The molecule has 0 aliphatic heterocycles. The highest BCUT2D eigenvalue weighted by atomic mass is 19.1. The van der Waals surface area contributed by atoms with Gasteiger partial charge in [0.2, 0.25) is 5.91 Å². The topological polar surface area (TPSA) is 72.2 Å². The van der Waals surface area contributed by atoms with Crippen LogP contribution in [0, 0.1) is 5.82 Å². The Morgan fingerprint density at radius 3 is 2.54 bits per heavy atom. The lowest BCUT2D eigenvalue weighted by molar-refractivity contribution is -0.116. The van der Waals surface area contributed by atoms with Gasteiger partial charge in [0.1, 0.15) is 5.82 Å². The highest BCUT2D eigenvalue weighted by Crippen LogP contribution is 2.23. The molecule has 0 aliphatic carbocycles. The van der Waals surface area contributed by atoms with Gasteiger partial charge >= 0.3 is 0 Å². The Hall–Kier alpha value is -3.28. The van der Waals surface area contributed by atoms with E-state index in [9.17, 15) is 14.0 Å². The molecule has 3 aromatic rings. The predicted molar refractivity (Wildman–Crippen MR) is 95.3 cm³/mol. The van der Waals surface area contributed by atoms with Crippen molar-refractivity contribution in [1.29, 1.82) is 0 Å². The first-order valence-electron chi connectivity index (χ1n) is 8.13. The molecule has 0 saturated heterocycles. The normalized spacial score (nSPS) is 10.5. The molecule has 26 heavy (non-hydrogen) atoms. The number of benzene rings is 2. The molecular weight excluding hydrogens is 335 g/mol. The number of Topliss-reactive ketones (excluding diaryl/α,β-unsaturated/α-hetero) is 1. The van der Waals surface area contributed by atoms with E-state index in [0.29, 0.717) is 34.9 Å². The Bertz CT molecular complexity index is 932. The van der Waals surface area contributed by atoms with Crippen LogP contribution in [0.3, 0.4) is 0 Å². The van der Waals surface area contributed by atoms with Crippen LogP contribution < -0.4 is 5.32 Å². The summed E-state index contributed by atoms with van der Waals surface area (Å²) in [4.78, 5) is 27.4. The molecule has 0 bridgehead atoms. The number of hydrogen-bond donors (Lipinski definition) is 1. The second-order valence-electron chi connectivity index (χ2n) is 5.78. The molecule has 132 valence electrons. The van der Waals surface area contributed by atoms with E-state index in [1.165, 1.54) is 19.2 Å². The van der Waals surface area contributed by atoms with E-state index in [4.69, 9.17) is 4.42 Å². The molecule has 3 rings (SSSR count). The van der Waals surface area contributed by atoms with Gasteiger partial charge in [0.15, 0.2) is 17.4 Å². The Morgan fingerprint density at radius 2 is 1.85 bits per heavy atom. The lowest BCUT2D eigenvalue weighted by Gasteiger charge is -2.05. The molecule has 0 atom stereocenters. The maximum atomic E-state index is 13.7. The van der Waals surface area contributed by atoms with Crippen LogP contribution >= 0.6 is 0 Å². The van der Waals surface area contributed by atoms with Crippen molar-refractivity contribution in [3.63, 3.8) is 0 Å². The number of halogens is 1. The highest BCUT2D eigenvalue weighted by molar-refractivity contribution is 5.95. The molecule has 0 unspecified atom stereocenters. The molecule has 6 heteroatoms. The van der Waals surface area contributed by atoms with Gasteiger partial charge in [-0.05, 0) is 43.3 Å². The Balaban J connectivity index is 1.56. The minimum absolute atomic E-state index is 0.0302. The van der Waals surface area contributed by atoms with Gasteiger partial charge in [-0.15, -0.1) is 0 Å². The van der Waals surface area contributed by atoms with Crippen molar-refractivity contribution >= 4 is 17.4 Å². The summed E-state index contributed by atoms with van der Waals surface area (Å²) in [5.41, 5.74) is 1.53. The first-order valence-corrected chi connectivity index (χ1v) is 8.13. The van der Waals surface area contributed by atoms with Gasteiger partial charge in [0, 0.05) is 24.1 Å². The van der Waals surface area contributed by atoms with E-state index in [1.54, 1.807) is 42.5 Å². The number of carbonyl (C=O) groups excluding carboxylic acids is 2. The van der Waals surface area contributed by atoms with Gasteiger partial charge < -0.3 is 9.73 Å². The van der Waals surface area contributed by atoms with Crippen molar-refractivity contribution < 1.29 is 18.4 Å².